The van der Waals surface area contributed by atoms with E-state index in [1.807, 2.05) is 0 Å². The van der Waals surface area contributed by atoms with E-state index >= 15 is 0 Å². The second kappa shape index (κ2) is 5.57. The number of hydrogen-bond acceptors (Lipinski definition) is 3. The molecule has 1 amide bonds. The standard InChI is InChI=1S/C12H14F2N2O2/c1-12(2,3)18-11(17)16-15-7-8-4-5-9(13)10(14)6-8/h4-7H,1-3H3,(H,16,17)/b15-7+. The van der Waals surface area contributed by atoms with Gasteiger partial charge in [0.25, 0.3) is 0 Å². The average molecular weight is 256 g/mol. The maximum absolute atomic E-state index is 12.8. The van der Waals surface area contributed by atoms with E-state index in [0.29, 0.717) is 5.56 Å². The Morgan fingerprint density at radius 2 is 2.00 bits per heavy atom. The number of halogens is 2. The molecule has 0 aliphatic heterocycles. The molecule has 98 valence electrons. The first-order valence-electron chi connectivity index (χ1n) is 5.25. The Bertz CT molecular complexity index is 468. The van der Waals surface area contributed by atoms with Crippen molar-refractivity contribution in [2.24, 2.45) is 5.10 Å². The topological polar surface area (TPSA) is 50.7 Å². The summed E-state index contributed by atoms with van der Waals surface area (Å²) in [6.45, 7) is 5.14. The fraction of sp³-hybridized carbons (Fsp3) is 0.333. The first kappa shape index (κ1) is 14.1. The molecule has 0 bridgehead atoms. The van der Waals surface area contributed by atoms with Gasteiger partial charge >= 0.3 is 6.09 Å². The number of ether oxygens (including phenoxy) is 1. The minimum atomic E-state index is -0.976. The van der Waals surface area contributed by atoms with Gasteiger partial charge in [-0.3, -0.25) is 0 Å². The van der Waals surface area contributed by atoms with Crippen molar-refractivity contribution in [3.8, 4) is 0 Å². The van der Waals surface area contributed by atoms with Crippen LogP contribution in [0.4, 0.5) is 13.6 Å². The Labute approximate surface area is 104 Å². The van der Waals surface area contributed by atoms with E-state index in [1.54, 1.807) is 20.8 Å². The number of carbonyl (C=O) groups is 1. The van der Waals surface area contributed by atoms with E-state index in [0.717, 1.165) is 12.1 Å². The van der Waals surface area contributed by atoms with Gasteiger partial charge in [0.1, 0.15) is 5.60 Å². The van der Waals surface area contributed by atoms with Gasteiger partial charge in [0, 0.05) is 0 Å². The summed E-state index contributed by atoms with van der Waals surface area (Å²) in [6.07, 6.45) is 0.466. The third-order valence-corrected chi connectivity index (χ3v) is 1.71. The van der Waals surface area contributed by atoms with Crippen molar-refractivity contribution >= 4 is 12.3 Å². The number of nitrogens with zero attached hydrogens (tertiary/aromatic N) is 1. The number of hydrogen-bond donors (Lipinski definition) is 1. The Hall–Kier alpha value is -1.98. The van der Waals surface area contributed by atoms with E-state index in [-0.39, 0.29) is 0 Å². The molecule has 0 saturated carbocycles. The highest BCUT2D eigenvalue weighted by molar-refractivity contribution is 5.80. The van der Waals surface area contributed by atoms with E-state index in [4.69, 9.17) is 4.74 Å². The quantitative estimate of drug-likeness (QED) is 0.653. The molecule has 0 heterocycles. The molecular formula is C12H14F2N2O2. The molecule has 18 heavy (non-hydrogen) atoms. The summed E-state index contributed by atoms with van der Waals surface area (Å²) >= 11 is 0. The largest absolute Gasteiger partial charge is 0.443 e. The van der Waals surface area contributed by atoms with Gasteiger partial charge in [-0.25, -0.2) is 19.0 Å². The Kier molecular flexibility index (Phi) is 4.36. The highest BCUT2D eigenvalue weighted by Crippen LogP contribution is 2.07. The van der Waals surface area contributed by atoms with Gasteiger partial charge in [-0.15, -0.1) is 0 Å². The summed E-state index contributed by atoms with van der Waals surface area (Å²) in [7, 11) is 0. The van der Waals surface area contributed by atoms with Crippen LogP contribution in [-0.2, 0) is 4.74 Å². The van der Waals surface area contributed by atoms with Crippen LogP contribution in [0.15, 0.2) is 23.3 Å². The lowest BCUT2D eigenvalue weighted by atomic mass is 10.2. The van der Waals surface area contributed by atoms with Crippen molar-refractivity contribution < 1.29 is 18.3 Å². The second-order valence-corrected chi connectivity index (χ2v) is 4.55. The number of rotatable bonds is 2. The molecule has 0 radical (unpaired) electrons. The number of benzene rings is 1. The highest BCUT2D eigenvalue weighted by Gasteiger charge is 2.15. The number of hydrazone groups is 1. The lowest BCUT2D eigenvalue weighted by Gasteiger charge is -2.18. The zero-order chi connectivity index (χ0) is 13.8. The van der Waals surface area contributed by atoms with Gasteiger partial charge in [-0.2, -0.15) is 5.10 Å². The van der Waals surface area contributed by atoms with Gasteiger partial charge in [-0.05, 0) is 38.5 Å². The van der Waals surface area contributed by atoms with E-state index in [9.17, 15) is 13.6 Å². The van der Waals surface area contributed by atoms with Crippen molar-refractivity contribution in [3.05, 3.63) is 35.4 Å². The third-order valence-electron chi connectivity index (χ3n) is 1.71. The summed E-state index contributed by atoms with van der Waals surface area (Å²) < 4.78 is 30.4. The van der Waals surface area contributed by atoms with Gasteiger partial charge in [-0.1, -0.05) is 6.07 Å². The predicted molar refractivity (Wildman–Crippen MR) is 63.3 cm³/mol. The first-order chi connectivity index (χ1) is 8.28. The first-order valence-corrected chi connectivity index (χ1v) is 5.25. The summed E-state index contributed by atoms with van der Waals surface area (Å²) in [5.74, 6) is -1.91. The van der Waals surface area contributed by atoms with E-state index in [2.05, 4.69) is 10.5 Å². The third kappa shape index (κ3) is 4.90. The fourth-order valence-corrected chi connectivity index (χ4v) is 1.05. The summed E-state index contributed by atoms with van der Waals surface area (Å²) in [5, 5.41) is 3.56. The van der Waals surface area contributed by atoms with Crippen LogP contribution in [0.3, 0.4) is 0 Å². The zero-order valence-electron chi connectivity index (χ0n) is 10.3. The SMILES string of the molecule is CC(C)(C)OC(=O)N/N=C/c1ccc(F)c(F)c1. The molecule has 0 aliphatic rings. The number of carbonyl (C=O) groups excluding carboxylic acids is 1. The van der Waals surface area contributed by atoms with Crippen LogP contribution in [0.5, 0.6) is 0 Å². The van der Waals surface area contributed by atoms with Crippen LogP contribution in [0.1, 0.15) is 26.3 Å². The summed E-state index contributed by atoms with van der Waals surface area (Å²) in [4.78, 5) is 11.2. The summed E-state index contributed by atoms with van der Waals surface area (Å²) in [6, 6.07) is 3.28. The molecule has 0 fully saturated rings. The van der Waals surface area contributed by atoms with Crippen molar-refractivity contribution in [2.45, 2.75) is 26.4 Å². The monoisotopic (exact) mass is 256 g/mol. The highest BCUT2D eigenvalue weighted by atomic mass is 19.2. The molecule has 1 aromatic rings. The minimum absolute atomic E-state index is 0.324. The average Bonchev–Trinajstić information content (AvgIpc) is 2.20. The minimum Gasteiger partial charge on any atom is -0.443 e. The lowest BCUT2D eigenvalue weighted by Crippen LogP contribution is -2.29. The van der Waals surface area contributed by atoms with E-state index < -0.39 is 23.3 Å². The molecule has 4 nitrogen and oxygen atoms in total. The van der Waals surface area contributed by atoms with Gasteiger partial charge in [0.15, 0.2) is 11.6 Å². The molecule has 0 spiro atoms. The number of nitrogens with one attached hydrogen (secondary N) is 1. The van der Waals surface area contributed by atoms with Gasteiger partial charge < -0.3 is 4.74 Å². The molecule has 6 heteroatoms. The van der Waals surface area contributed by atoms with E-state index in [1.165, 1.54) is 12.3 Å². The molecule has 0 unspecified atom stereocenters. The lowest BCUT2D eigenvalue weighted by molar-refractivity contribution is 0.0529. The maximum Gasteiger partial charge on any atom is 0.428 e. The van der Waals surface area contributed by atoms with Crippen LogP contribution in [-0.4, -0.2) is 17.9 Å². The van der Waals surface area contributed by atoms with Crippen molar-refractivity contribution in [2.75, 3.05) is 0 Å². The van der Waals surface area contributed by atoms with Crippen molar-refractivity contribution in [1.82, 2.24) is 5.43 Å². The van der Waals surface area contributed by atoms with Crippen molar-refractivity contribution in [1.29, 1.82) is 0 Å². The van der Waals surface area contributed by atoms with Gasteiger partial charge in [0.2, 0.25) is 0 Å². The molecule has 0 aliphatic carbocycles. The normalized spacial score (nSPS) is 11.6. The molecule has 1 rings (SSSR count). The molecule has 0 aromatic heterocycles. The van der Waals surface area contributed by atoms with Crippen LogP contribution in [0.25, 0.3) is 0 Å². The molecular weight excluding hydrogens is 242 g/mol. The predicted octanol–water partition coefficient (Wildman–Crippen LogP) is 2.82. The molecule has 1 N–H and O–H groups in total. The van der Waals surface area contributed by atoms with Crippen LogP contribution >= 0.6 is 0 Å². The molecule has 0 atom stereocenters. The Morgan fingerprint density at radius 3 is 2.56 bits per heavy atom. The Balaban J connectivity index is 2.55. The van der Waals surface area contributed by atoms with Crippen LogP contribution in [0.2, 0.25) is 0 Å². The zero-order valence-corrected chi connectivity index (χ0v) is 10.3. The molecule has 0 saturated heterocycles. The smallest absolute Gasteiger partial charge is 0.428 e. The molecule has 1 aromatic carbocycles. The Morgan fingerprint density at radius 1 is 1.33 bits per heavy atom. The fourth-order valence-electron chi connectivity index (χ4n) is 1.05. The number of amides is 1. The summed E-state index contributed by atoms with van der Waals surface area (Å²) in [5.41, 5.74) is 1.81. The van der Waals surface area contributed by atoms with Crippen LogP contribution in [0, 0.1) is 11.6 Å². The van der Waals surface area contributed by atoms with Crippen LogP contribution < -0.4 is 5.43 Å². The maximum atomic E-state index is 12.8. The van der Waals surface area contributed by atoms with Gasteiger partial charge in [0.05, 0.1) is 6.21 Å². The van der Waals surface area contributed by atoms with Crippen molar-refractivity contribution in [3.63, 3.8) is 0 Å². The second-order valence-electron chi connectivity index (χ2n) is 4.55.